The molecular formula is C18H20N4O6S. The van der Waals surface area contributed by atoms with E-state index in [1.54, 1.807) is 36.1 Å². The Morgan fingerprint density at radius 3 is 2.31 bits per heavy atom. The van der Waals surface area contributed by atoms with Gasteiger partial charge in [0.25, 0.3) is 11.4 Å². The van der Waals surface area contributed by atoms with Crippen molar-refractivity contribution in [3.63, 3.8) is 0 Å². The Kier molecular flexibility index (Phi) is 5.80. The van der Waals surface area contributed by atoms with Crippen LogP contribution >= 0.6 is 0 Å². The highest BCUT2D eigenvalue weighted by atomic mass is 32.2. The molecule has 1 atom stereocenters. The van der Waals surface area contributed by atoms with Gasteiger partial charge in [0.15, 0.2) is 0 Å². The van der Waals surface area contributed by atoms with E-state index in [-0.39, 0.29) is 42.4 Å². The Labute approximate surface area is 167 Å². The molecule has 0 aliphatic carbocycles. The Morgan fingerprint density at radius 1 is 1.03 bits per heavy atom. The predicted molar refractivity (Wildman–Crippen MR) is 107 cm³/mol. The zero-order valence-corrected chi connectivity index (χ0v) is 16.5. The normalized spacial score (nSPS) is 17.8. The van der Waals surface area contributed by atoms with E-state index in [0.717, 1.165) is 6.07 Å². The Bertz CT molecular complexity index is 1030. The van der Waals surface area contributed by atoms with E-state index in [1.165, 1.54) is 16.4 Å². The molecule has 11 heteroatoms. The molecular weight excluding hydrogens is 400 g/mol. The van der Waals surface area contributed by atoms with Gasteiger partial charge in [0.1, 0.15) is 5.69 Å². The fraction of sp³-hybridized carbons (Fsp3) is 0.333. The summed E-state index contributed by atoms with van der Waals surface area (Å²) in [6.45, 7) is 2.40. The average molecular weight is 420 g/mol. The molecule has 0 aromatic heterocycles. The highest BCUT2D eigenvalue weighted by Crippen LogP contribution is 2.33. The second kappa shape index (κ2) is 8.13. The van der Waals surface area contributed by atoms with Crippen LogP contribution in [0.25, 0.3) is 0 Å². The third-order valence-corrected chi connectivity index (χ3v) is 6.78. The van der Waals surface area contributed by atoms with Gasteiger partial charge >= 0.3 is 0 Å². The lowest BCUT2D eigenvalue weighted by atomic mass is 10.1. The summed E-state index contributed by atoms with van der Waals surface area (Å²) in [7, 11) is -3.55. The first-order valence-electron chi connectivity index (χ1n) is 8.90. The van der Waals surface area contributed by atoms with Crippen LogP contribution < -0.4 is 4.90 Å². The molecule has 10 nitrogen and oxygen atoms in total. The number of non-ortho nitro benzene ring substituents is 1. The Hall–Kier alpha value is -3.05. The van der Waals surface area contributed by atoms with E-state index in [1.807, 2.05) is 6.07 Å². The molecule has 2 aromatic carbocycles. The van der Waals surface area contributed by atoms with E-state index in [9.17, 15) is 28.6 Å². The number of nitro groups is 2. The smallest absolute Gasteiger partial charge is 0.299 e. The minimum absolute atomic E-state index is 0.115. The molecule has 0 amide bonds. The molecule has 2 aromatic rings. The second-order valence-electron chi connectivity index (χ2n) is 6.83. The van der Waals surface area contributed by atoms with Crippen molar-refractivity contribution in [1.29, 1.82) is 0 Å². The van der Waals surface area contributed by atoms with Crippen LogP contribution in [-0.2, 0) is 15.8 Å². The monoisotopic (exact) mass is 420 g/mol. The molecule has 3 rings (SSSR count). The van der Waals surface area contributed by atoms with Crippen LogP contribution in [-0.4, -0.2) is 48.2 Å². The predicted octanol–water partition coefficient (Wildman–Crippen LogP) is 2.54. The van der Waals surface area contributed by atoms with Crippen molar-refractivity contribution in [3.8, 4) is 0 Å². The molecule has 0 unspecified atom stereocenters. The van der Waals surface area contributed by atoms with Crippen molar-refractivity contribution in [2.75, 3.05) is 24.5 Å². The average Bonchev–Trinajstić information content (AvgIpc) is 2.67. The number of hydrogen-bond acceptors (Lipinski definition) is 7. The van der Waals surface area contributed by atoms with Gasteiger partial charge in [0, 0.05) is 31.7 Å². The standard InChI is InChI=1S/C18H20N4O6S/c1-14-12-19(17-8-7-16(21(23)24)11-18(17)22(25)26)9-10-20(14)29(27,28)13-15-5-3-2-4-6-15/h2-8,11,14H,9-10,12-13H2,1H3/t14-/m1/s1. The minimum Gasteiger partial charge on any atom is -0.363 e. The number of hydrogen-bond donors (Lipinski definition) is 0. The number of rotatable bonds is 6. The van der Waals surface area contributed by atoms with Gasteiger partial charge in [-0.2, -0.15) is 4.31 Å². The van der Waals surface area contributed by atoms with Crippen molar-refractivity contribution >= 4 is 27.1 Å². The maximum absolute atomic E-state index is 12.8. The molecule has 1 heterocycles. The number of sulfonamides is 1. The van der Waals surface area contributed by atoms with E-state index >= 15 is 0 Å². The van der Waals surface area contributed by atoms with E-state index in [2.05, 4.69) is 0 Å². The van der Waals surface area contributed by atoms with Gasteiger partial charge in [-0.05, 0) is 18.6 Å². The van der Waals surface area contributed by atoms with Crippen molar-refractivity contribution in [2.45, 2.75) is 18.7 Å². The summed E-state index contributed by atoms with van der Waals surface area (Å²) in [5.41, 5.74) is 0.199. The van der Waals surface area contributed by atoms with Gasteiger partial charge in [-0.15, -0.1) is 0 Å². The van der Waals surface area contributed by atoms with Gasteiger partial charge in [-0.25, -0.2) is 8.42 Å². The second-order valence-corrected chi connectivity index (χ2v) is 8.76. The van der Waals surface area contributed by atoms with E-state index < -0.39 is 25.9 Å². The quantitative estimate of drug-likeness (QED) is 0.519. The van der Waals surface area contributed by atoms with Crippen molar-refractivity contribution < 1.29 is 18.3 Å². The molecule has 1 aliphatic rings. The first kappa shape index (κ1) is 20.7. The summed E-state index contributed by atoms with van der Waals surface area (Å²) in [4.78, 5) is 22.7. The maximum Gasteiger partial charge on any atom is 0.299 e. The lowest BCUT2D eigenvalue weighted by Gasteiger charge is -2.39. The van der Waals surface area contributed by atoms with Crippen LogP contribution in [0.3, 0.4) is 0 Å². The number of benzene rings is 2. The highest BCUT2D eigenvalue weighted by molar-refractivity contribution is 7.88. The van der Waals surface area contributed by atoms with Crippen LogP contribution in [0.1, 0.15) is 12.5 Å². The Balaban J connectivity index is 1.80. The topological polar surface area (TPSA) is 127 Å². The lowest BCUT2D eigenvalue weighted by Crippen LogP contribution is -2.54. The first-order chi connectivity index (χ1) is 13.7. The molecule has 0 radical (unpaired) electrons. The summed E-state index contributed by atoms with van der Waals surface area (Å²) in [5.74, 6) is -0.115. The molecule has 1 saturated heterocycles. The molecule has 154 valence electrons. The van der Waals surface area contributed by atoms with Gasteiger partial charge in [0.05, 0.1) is 21.7 Å². The van der Waals surface area contributed by atoms with Crippen molar-refractivity contribution in [2.24, 2.45) is 0 Å². The third-order valence-electron chi connectivity index (χ3n) is 4.82. The number of anilines is 1. The van der Waals surface area contributed by atoms with Gasteiger partial charge in [-0.1, -0.05) is 30.3 Å². The zero-order chi connectivity index (χ0) is 21.2. The minimum atomic E-state index is -3.55. The molecule has 0 saturated carbocycles. The molecule has 0 bridgehead atoms. The van der Waals surface area contributed by atoms with Crippen molar-refractivity contribution in [1.82, 2.24) is 4.31 Å². The largest absolute Gasteiger partial charge is 0.363 e. The summed E-state index contributed by atoms with van der Waals surface area (Å²) in [5, 5.41) is 22.3. The Morgan fingerprint density at radius 2 is 1.72 bits per heavy atom. The fourth-order valence-corrected chi connectivity index (χ4v) is 5.23. The molecule has 29 heavy (non-hydrogen) atoms. The lowest BCUT2D eigenvalue weighted by molar-refractivity contribution is -0.393. The zero-order valence-electron chi connectivity index (χ0n) is 15.7. The van der Waals surface area contributed by atoms with Crippen LogP contribution in [0, 0.1) is 20.2 Å². The number of piperazine rings is 1. The molecule has 1 aliphatic heterocycles. The molecule has 0 spiro atoms. The molecule has 0 N–H and O–H groups in total. The summed E-state index contributed by atoms with van der Waals surface area (Å²) in [6, 6.07) is 11.9. The van der Waals surface area contributed by atoms with Crippen LogP contribution in [0.2, 0.25) is 0 Å². The van der Waals surface area contributed by atoms with Gasteiger partial charge < -0.3 is 4.90 Å². The van der Waals surface area contributed by atoms with Crippen LogP contribution in [0.5, 0.6) is 0 Å². The van der Waals surface area contributed by atoms with Crippen LogP contribution in [0.15, 0.2) is 48.5 Å². The van der Waals surface area contributed by atoms with Gasteiger partial charge in [-0.3, -0.25) is 20.2 Å². The highest BCUT2D eigenvalue weighted by Gasteiger charge is 2.35. The first-order valence-corrected chi connectivity index (χ1v) is 10.5. The summed E-state index contributed by atoms with van der Waals surface area (Å²) >= 11 is 0. The van der Waals surface area contributed by atoms with Crippen LogP contribution in [0.4, 0.5) is 17.1 Å². The third kappa shape index (κ3) is 4.51. The van der Waals surface area contributed by atoms with E-state index in [0.29, 0.717) is 5.56 Å². The SMILES string of the molecule is C[C@@H]1CN(c2ccc([N+](=O)[O-])cc2[N+](=O)[O-])CCN1S(=O)(=O)Cc1ccccc1. The maximum atomic E-state index is 12.8. The number of nitro benzene ring substituents is 2. The van der Waals surface area contributed by atoms with E-state index in [4.69, 9.17) is 0 Å². The fourth-order valence-electron chi connectivity index (χ4n) is 3.48. The van der Waals surface area contributed by atoms with Gasteiger partial charge in [0.2, 0.25) is 10.0 Å². The van der Waals surface area contributed by atoms with Crippen molar-refractivity contribution in [3.05, 3.63) is 74.3 Å². The summed E-state index contributed by atoms with van der Waals surface area (Å²) < 4.78 is 27.1. The summed E-state index contributed by atoms with van der Waals surface area (Å²) in [6.07, 6.45) is 0. The molecule has 1 fully saturated rings. The number of nitrogens with zero attached hydrogens (tertiary/aromatic N) is 4.